The molecule has 1 aliphatic heterocycles. The minimum atomic E-state index is 0.0145. The smallest absolute Gasteiger partial charge is 0.317 e. The Morgan fingerprint density at radius 1 is 1.04 bits per heavy atom. The first kappa shape index (κ1) is 19.5. The first-order valence-corrected chi connectivity index (χ1v) is 10.1. The van der Waals surface area contributed by atoms with Gasteiger partial charge in [0.05, 0.1) is 6.61 Å². The zero-order chi connectivity index (χ0) is 19.2. The second kappa shape index (κ2) is 9.11. The van der Waals surface area contributed by atoms with Crippen LogP contribution in [0.4, 0.5) is 4.79 Å². The monoisotopic (exact) mass is 373 g/mol. The highest BCUT2D eigenvalue weighted by atomic mass is 16.5. The van der Waals surface area contributed by atoms with E-state index >= 15 is 0 Å². The number of urea groups is 1. The van der Waals surface area contributed by atoms with Crippen molar-refractivity contribution in [3.8, 4) is 5.75 Å². The molecule has 2 fully saturated rings. The molecule has 2 aliphatic rings. The summed E-state index contributed by atoms with van der Waals surface area (Å²) in [6, 6.07) is 7.67. The third-order valence-electron chi connectivity index (χ3n) is 5.22. The van der Waals surface area contributed by atoms with Crippen LogP contribution in [0.5, 0.6) is 5.75 Å². The van der Waals surface area contributed by atoms with Crippen LogP contribution < -0.4 is 10.1 Å². The van der Waals surface area contributed by atoms with Crippen molar-refractivity contribution in [2.24, 2.45) is 5.92 Å². The molecule has 1 N–H and O–H groups in total. The molecule has 6 nitrogen and oxygen atoms in total. The molecule has 3 rings (SSSR count). The lowest BCUT2D eigenvalue weighted by molar-refractivity contribution is 0.0663. The molecule has 0 spiro atoms. The van der Waals surface area contributed by atoms with Gasteiger partial charge in [0.1, 0.15) is 5.75 Å². The molecule has 27 heavy (non-hydrogen) atoms. The second-order valence-corrected chi connectivity index (χ2v) is 7.94. The van der Waals surface area contributed by atoms with E-state index in [-0.39, 0.29) is 11.9 Å². The molecule has 1 saturated carbocycles. The minimum Gasteiger partial charge on any atom is -0.493 e. The van der Waals surface area contributed by atoms with Crippen LogP contribution in [-0.4, -0.2) is 60.6 Å². The number of hydrogen-bond acceptors (Lipinski definition) is 3. The summed E-state index contributed by atoms with van der Waals surface area (Å²) in [7, 11) is 0. The van der Waals surface area contributed by atoms with E-state index in [9.17, 15) is 9.59 Å². The highest BCUT2D eigenvalue weighted by molar-refractivity contribution is 5.94. The van der Waals surface area contributed by atoms with Crippen LogP contribution in [0.1, 0.15) is 49.9 Å². The average Bonchev–Trinajstić information content (AvgIpc) is 3.19. The molecule has 0 unspecified atom stereocenters. The lowest BCUT2D eigenvalue weighted by Gasteiger charge is -2.35. The number of benzene rings is 1. The van der Waals surface area contributed by atoms with Crippen LogP contribution in [0.25, 0.3) is 0 Å². The summed E-state index contributed by atoms with van der Waals surface area (Å²) < 4.78 is 5.67. The quantitative estimate of drug-likeness (QED) is 0.863. The van der Waals surface area contributed by atoms with Crippen molar-refractivity contribution in [2.75, 3.05) is 32.8 Å². The van der Waals surface area contributed by atoms with Gasteiger partial charge in [0, 0.05) is 37.8 Å². The van der Waals surface area contributed by atoms with Crippen molar-refractivity contribution in [1.29, 1.82) is 0 Å². The van der Waals surface area contributed by atoms with Gasteiger partial charge < -0.3 is 19.9 Å². The fourth-order valence-electron chi connectivity index (χ4n) is 3.59. The molecule has 0 bridgehead atoms. The van der Waals surface area contributed by atoms with E-state index in [2.05, 4.69) is 19.2 Å². The number of rotatable bonds is 5. The topological polar surface area (TPSA) is 61.9 Å². The zero-order valence-electron chi connectivity index (χ0n) is 16.4. The van der Waals surface area contributed by atoms with Crippen molar-refractivity contribution in [2.45, 2.75) is 45.6 Å². The zero-order valence-corrected chi connectivity index (χ0v) is 16.4. The van der Waals surface area contributed by atoms with E-state index in [1.165, 1.54) is 12.8 Å². The number of ether oxygens (including phenoxy) is 1. The average molecular weight is 373 g/mol. The maximum absolute atomic E-state index is 12.7. The normalized spacial score (nSPS) is 18.0. The van der Waals surface area contributed by atoms with E-state index < -0.39 is 0 Å². The molecule has 1 heterocycles. The van der Waals surface area contributed by atoms with Crippen LogP contribution in [0.15, 0.2) is 24.3 Å². The van der Waals surface area contributed by atoms with Gasteiger partial charge >= 0.3 is 6.03 Å². The molecule has 0 aromatic heterocycles. The lowest BCUT2D eigenvalue weighted by Crippen LogP contribution is -2.54. The molecule has 148 valence electrons. The predicted molar refractivity (Wildman–Crippen MR) is 105 cm³/mol. The molecule has 1 saturated heterocycles. The lowest BCUT2D eigenvalue weighted by atomic mass is 10.1. The number of carbonyl (C=O) groups excluding carboxylic acids is 2. The number of hydrogen-bond donors (Lipinski definition) is 1. The van der Waals surface area contributed by atoms with Crippen molar-refractivity contribution >= 4 is 11.9 Å². The third-order valence-corrected chi connectivity index (χ3v) is 5.22. The van der Waals surface area contributed by atoms with E-state index in [1.807, 2.05) is 34.1 Å². The number of amides is 3. The van der Waals surface area contributed by atoms with Crippen LogP contribution in [0.2, 0.25) is 0 Å². The van der Waals surface area contributed by atoms with Crippen LogP contribution in [0, 0.1) is 5.92 Å². The first-order chi connectivity index (χ1) is 13.0. The number of nitrogens with one attached hydrogen (secondary N) is 1. The minimum absolute atomic E-state index is 0.0145. The molecule has 0 atom stereocenters. The highest BCUT2D eigenvalue weighted by Crippen LogP contribution is 2.19. The van der Waals surface area contributed by atoms with Gasteiger partial charge in [-0.25, -0.2) is 4.79 Å². The standard InChI is InChI=1S/C21H31N3O3/c1-16(2)15-27-19-9-7-17(8-10-19)20(25)23-11-13-24(14-12-23)21(26)22-18-5-3-4-6-18/h7-10,16,18H,3-6,11-15H2,1-2H3,(H,22,26). The van der Waals surface area contributed by atoms with Crippen LogP contribution >= 0.6 is 0 Å². The summed E-state index contributed by atoms with van der Waals surface area (Å²) in [6.07, 6.45) is 4.57. The van der Waals surface area contributed by atoms with Crippen molar-refractivity contribution in [1.82, 2.24) is 15.1 Å². The summed E-state index contributed by atoms with van der Waals surface area (Å²) >= 11 is 0. The Balaban J connectivity index is 1.47. The van der Waals surface area contributed by atoms with Gasteiger partial charge in [0.2, 0.25) is 0 Å². The van der Waals surface area contributed by atoms with Gasteiger partial charge in [-0.3, -0.25) is 4.79 Å². The Labute approximate surface area is 161 Å². The Bertz CT molecular complexity index is 631. The maximum atomic E-state index is 12.7. The summed E-state index contributed by atoms with van der Waals surface area (Å²) in [5.74, 6) is 1.27. The van der Waals surface area contributed by atoms with E-state index in [4.69, 9.17) is 4.74 Å². The Morgan fingerprint density at radius 2 is 1.63 bits per heavy atom. The Morgan fingerprint density at radius 3 is 2.22 bits per heavy atom. The fraction of sp³-hybridized carbons (Fsp3) is 0.619. The van der Waals surface area contributed by atoms with Crippen molar-refractivity contribution in [3.05, 3.63) is 29.8 Å². The van der Waals surface area contributed by atoms with E-state index in [0.717, 1.165) is 18.6 Å². The van der Waals surface area contributed by atoms with Crippen molar-refractivity contribution < 1.29 is 14.3 Å². The van der Waals surface area contributed by atoms with Gasteiger partial charge in [-0.2, -0.15) is 0 Å². The summed E-state index contributed by atoms with van der Waals surface area (Å²) in [4.78, 5) is 28.7. The first-order valence-electron chi connectivity index (χ1n) is 10.1. The van der Waals surface area contributed by atoms with Gasteiger partial charge in [0.15, 0.2) is 0 Å². The molecule has 0 radical (unpaired) electrons. The van der Waals surface area contributed by atoms with E-state index in [0.29, 0.717) is 50.3 Å². The maximum Gasteiger partial charge on any atom is 0.317 e. The summed E-state index contributed by atoms with van der Waals surface area (Å²) in [5, 5.41) is 3.12. The van der Waals surface area contributed by atoms with Gasteiger partial charge in [-0.1, -0.05) is 26.7 Å². The largest absolute Gasteiger partial charge is 0.493 e. The van der Waals surface area contributed by atoms with Gasteiger partial charge in [0.25, 0.3) is 5.91 Å². The molecule has 1 aromatic rings. The second-order valence-electron chi connectivity index (χ2n) is 7.94. The van der Waals surface area contributed by atoms with Crippen LogP contribution in [0.3, 0.4) is 0 Å². The fourth-order valence-corrected chi connectivity index (χ4v) is 3.59. The van der Waals surface area contributed by atoms with Crippen molar-refractivity contribution in [3.63, 3.8) is 0 Å². The molecule has 1 aromatic carbocycles. The van der Waals surface area contributed by atoms with Gasteiger partial charge in [-0.15, -0.1) is 0 Å². The molecule has 3 amide bonds. The number of nitrogens with zero attached hydrogens (tertiary/aromatic N) is 2. The number of piperazine rings is 1. The van der Waals surface area contributed by atoms with Gasteiger partial charge in [-0.05, 0) is 43.0 Å². The Hall–Kier alpha value is -2.24. The van der Waals surface area contributed by atoms with E-state index in [1.54, 1.807) is 0 Å². The molecule has 6 heteroatoms. The number of carbonyl (C=O) groups is 2. The predicted octanol–water partition coefficient (Wildman–Crippen LogP) is 3.13. The molecular weight excluding hydrogens is 342 g/mol. The molecule has 1 aliphatic carbocycles. The van der Waals surface area contributed by atoms with Crippen LogP contribution in [-0.2, 0) is 0 Å². The molecular formula is C21H31N3O3. The SMILES string of the molecule is CC(C)COc1ccc(C(=O)N2CCN(C(=O)NC3CCCC3)CC2)cc1. The highest BCUT2D eigenvalue weighted by Gasteiger charge is 2.26. The third kappa shape index (κ3) is 5.37. The summed E-state index contributed by atoms with van der Waals surface area (Å²) in [6.45, 7) is 7.18. The summed E-state index contributed by atoms with van der Waals surface area (Å²) in [5.41, 5.74) is 0.663. The Kier molecular flexibility index (Phi) is 6.58.